The number of esters is 1. The zero-order valence-corrected chi connectivity index (χ0v) is 13.2. The monoisotopic (exact) mass is 325 g/mol. The minimum atomic E-state index is -0.480. The average molecular weight is 325 g/mol. The highest BCUT2D eigenvalue weighted by Gasteiger charge is 2.22. The van der Waals surface area contributed by atoms with Gasteiger partial charge in [-0.2, -0.15) is 0 Å². The molecule has 0 radical (unpaired) electrons. The molecule has 0 aromatic heterocycles. The fraction of sp³-hybridized carbons (Fsp3) is 0.158. The van der Waals surface area contributed by atoms with Gasteiger partial charge in [0.05, 0.1) is 7.11 Å². The van der Waals surface area contributed by atoms with Gasteiger partial charge in [-0.1, -0.05) is 24.3 Å². The molecule has 0 aliphatic carbocycles. The molecule has 0 unspecified atom stereocenters. The molecule has 122 valence electrons. The summed E-state index contributed by atoms with van der Waals surface area (Å²) in [7, 11) is 1.58. The van der Waals surface area contributed by atoms with Gasteiger partial charge in [-0.15, -0.1) is 0 Å². The van der Waals surface area contributed by atoms with E-state index in [9.17, 15) is 9.18 Å². The highest BCUT2D eigenvalue weighted by Crippen LogP contribution is 2.20. The van der Waals surface area contributed by atoms with Gasteiger partial charge in [-0.05, 0) is 47.9 Å². The van der Waals surface area contributed by atoms with Crippen molar-refractivity contribution in [2.45, 2.75) is 12.8 Å². The largest absolute Gasteiger partial charge is 0.497 e. The third kappa shape index (κ3) is 3.87. The van der Waals surface area contributed by atoms with Crippen molar-refractivity contribution in [3.8, 4) is 5.75 Å². The van der Waals surface area contributed by atoms with Gasteiger partial charge in [-0.25, -0.2) is 14.2 Å². The van der Waals surface area contributed by atoms with Crippen molar-refractivity contribution < 1.29 is 18.7 Å². The molecule has 3 rings (SSSR count). The number of aryl methyl sites for hydroxylation is 1. The van der Waals surface area contributed by atoms with Crippen molar-refractivity contribution >= 4 is 17.9 Å². The molecule has 0 spiro atoms. The first-order chi connectivity index (χ1) is 11.6. The number of methoxy groups -OCH3 is 1. The Morgan fingerprint density at radius 3 is 2.79 bits per heavy atom. The third-order valence-corrected chi connectivity index (χ3v) is 3.58. The van der Waals surface area contributed by atoms with Crippen LogP contribution in [0.3, 0.4) is 0 Å². The summed E-state index contributed by atoms with van der Waals surface area (Å²) < 4.78 is 23.5. The van der Waals surface area contributed by atoms with Crippen LogP contribution in [0.15, 0.2) is 59.2 Å². The fourth-order valence-corrected chi connectivity index (χ4v) is 2.39. The molecule has 1 aliphatic rings. The summed E-state index contributed by atoms with van der Waals surface area (Å²) in [5.41, 5.74) is 1.88. The number of benzene rings is 2. The summed E-state index contributed by atoms with van der Waals surface area (Å²) in [6, 6.07) is 13.6. The Balaban J connectivity index is 1.71. The Kier molecular flexibility index (Phi) is 4.70. The third-order valence-electron chi connectivity index (χ3n) is 3.58. The van der Waals surface area contributed by atoms with Crippen molar-refractivity contribution in [3.63, 3.8) is 0 Å². The van der Waals surface area contributed by atoms with Gasteiger partial charge in [0.15, 0.2) is 11.6 Å². The van der Waals surface area contributed by atoms with Crippen LogP contribution in [0.5, 0.6) is 5.75 Å². The molecule has 0 fully saturated rings. The number of carbonyl (C=O) groups is 1. The first kappa shape index (κ1) is 15.9. The quantitative estimate of drug-likeness (QED) is 0.621. The van der Waals surface area contributed by atoms with E-state index in [1.165, 1.54) is 12.1 Å². The second-order valence-corrected chi connectivity index (χ2v) is 5.33. The van der Waals surface area contributed by atoms with Crippen LogP contribution >= 0.6 is 0 Å². The number of carbonyl (C=O) groups excluding carboxylic acids is 1. The number of rotatable bonds is 5. The van der Waals surface area contributed by atoms with E-state index in [0.29, 0.717) is 24.5 Å². The lowest BCUT2D eigenvalue weighted by atomic mass is 10.1. The normalized spacial score (nSPS) is 15.3. The second kappa shape index (κ2) is 7.08. The lowest BCUT2D eigenvalue weighted by molar-refractivity contribution is -0.130. The van der Waals surface area contributed by atoms with Crippen LogP contribution < -0.4 is 4.74 Å². The number of cyclic esters (lactones) is 1. The number of aliphatic imine (C=N–C) groups is 1. The zero-order chi connectivity index (χ0) is 16.9. The Morgan fingerprint density at radius 2 is 2.00 bits per heavy atom. The molecule has 0 amide bonds. The molecule has 1 heterocycles. The standard InChI is InChI=1S/C19H16FNO3/c1-23-16-7-3-5-14(11-16)12-17-19(22)24-18(21-17)9-8-13-4-2-6-15(20)10-13/h2-7,10-12H,8-9H2,1H3/b17-12+. The van der Waals surface area contributed by atoms with Gasteiger partial charge in [0.2, 0.25) is 0 Å². The Hall–Kier alpha value is -2.95. The second-order valence-electron chi connectivity index (χ2n) is 5.33. The van der Waals surface area contributed by atoms with Crippen LogP contribution in [-0.2, 0) is 16.0 Å². The fourth-order valence-electron chi connectivity index (χ4n) is 2.39. The topological polar surface area (TPSA) is 47.9 Å². The molecule has 0 saturated heterocycles. The van der Waals surface area contributed by atoms with Crippen molar-refractivity contribution in [1.82, 2.24) is 0 Å². The van der Waals surface area contributed by atoms with Crippen LogP contribution in [0.4, 0.5) is 4.39 Å². The summed E-state index contributed by atoms with van der Waals surface area (Å²) in [5.74, 6) is 0.285. The molecule has 5 heteroatoms. The van der Waals surface area contributed by atoms with Gasteiger partial charge < -0.3 is 9.47 Å². The maximum absolute atomic E-state index is 13.2. The van der Waals surface area contributed by atoms with Crippen LogP contribution in [0.1, 0.15) is 17.5 Å². The number of hydrogen-bond donors (Lipinski definition) is 0. The Bertz CT molecular complexity index is 827. The summed E-state index contributed by atoms with van der Waals surface area (Å²) in [4.78, 5) is 16.1. The lowest BCUT2D eigenvalue weighted by Crippen LogP contribution is -2.05. The van der Waals surface area contributed by atoms with Crippen LogP contribution in [0.25, 0.3) is 6.08 Å². The zero-order valence-electron chi connectivity index (χ0n) is 13.2. The van der Waals surface area contributed by atoms with E-state index in [1.54, 1.807) is 25.3 Å². The van der Waals surface area contributed by atoms with Crippen molar-refractivity contribution in [1.29, 1.82) is 0 Å². The van der Waals surface area contributed by atoms with E-state index in [1.807, 2.05) is 24.3 Å². The summed E-state index contributed by atoms with van der Waals surface area (Å²) in [6.45, 7) is 0. The molecule has 0 saturated carbocycles. The first-order valence-corrected chi connectivity index (χ1v) is 7.54. The molecular formula is C19H16FNO3. The molecule has 2 aromatic rings. The highest BCUT2D eigenvalue weighted by atomic mass is 19.1. The van der Waals surface area contributed by atoms with E-state index in [-0.39, 0.29) is 11.5 Å². The van der Waals surface area contributed by atoms with Crippen LogP contribution in [-0.4, -0.2) is 19.0 Å². The van der Waals surface area contributed by atoms with Gasteiger partial charge in [0, 0.05) is 6.42 Å². The van der Waals surface area contributed by atoms with E-state index in [4.69, 9.17) is 9.47 Å². The maximum Gasteiger partial charge on any atom is 0.363 e. The van der Waals surface area contributed by atoms with E-state index >= 15 is 0 Å². The predicted molar refractivity (Wildman–Crippen MR) is 89.2 cm³/mol. The average Bonchev–Trinajstić information content (AvgIpc) is 2.93. The Morgan fingerprint density at radius 1 is 1.17 bits per heavy atom. The van der Waals surface area contributed by atoms with Crippen molar-refractivity contribution in [2.24, 2.45) is 4.99 Å². The predicted octanol–water partition coefficient (Wildman–Crippen LogP) is 3.76. The van der Waals surface area contributed by atoms with Gasteiger partial charge in [0.1, 0.15) is 11.6 Å². The number of hydrogen-bond acceptors (Lipinski definition) is 4. The minimum absolute atomic E-state index is 0.248. The van der Waals surface area contributed by atoms with E-state index in [2.05, 4.69) is 4.99 Å². The molecule has 0 atom stereocenters. The van der Waals surface area contributed by atoms with Crippen molar-refractivity contribution in [2.75, 3.05) is 7.11 Å². The number of nitrogens with zero attached hydrogens (tertiary/aromatic N) is 1. The van der Waals surface area contributed by atoms with Crippen LogP contribution in [0.2, 0.25) is 0 Å². The first-order valence-electron chi connectivity index (χ1n) is 7.54. The summed E-state index contributed by atoms with van der Waals surface area (Å²) in [5, 5.41) is 0. The maximum atomic E-state index is 13.2. The van der Waals surface area contributed by atoms with E-state index < -0.39 is 5.97 Å². The Labute approximate surface area is 139 Å². The minimum Gasteiger partial charge on any atom is -0.497 e. The molecule has 1 aliphatic heterocycles. The van der Waals surface area contributed by atoms with E-state index in [0.717, 1.165) is 11.1 Å². The highest BCUT2D eigenvalue weighted by molar-refractivity contribution is 6.07. The summed E-state index contributed by atoms with van der Waals surface area (Å²) >= 11 is 0. The van der Waals surface area contributed by atoms with Gasteiger partial charge >= 0.3 is 5.97 Å². The number of ether oxygens (including phenoxy) is 2. The smallest absolute Gasteiger partial charge is 0.363 e. The molecule has 0 N–H and O–H groups in total. The molecule has 24 heavy (non-hydrogen) atoms. The van der Waals surface area contributed by atoms with Crippen LogP contribution in [0, 0.1) is 5.82 Å². The van der Waals surface area contributed by atoms with Gasteiger partial charge in [-0.3, -0.25) is 0 Å². The van der Waals surface area contributed by atoms with Gasteiger partial charge in [0.25, 0.3) is 0 Å². The molecule has 4 nitrogen and oxygen atoms in total. The molecule has 0 bridgehead atoms. The lowest BCUT2D eigenvalue weighted by Gasteiger charge is -2.00. The summed E-state index contributed by atoms with van der Waals surface area (Å²) in [6.07, 6.45) is 2.64. The molecular weight excluding hydrogens is 309 g/mol. The SMILES string of the molecule is COc1cccc(/C=C2/N=C(CCc3cccc(F)c3)OC2=O)c1. The van der Waals surface area contributed by atoms with Crippen molar-refractivity contribution in [3.05, 3.63) is 71.2 Å². The molecule has 2 aromatic carbocycles. The number of halogens is 1.